The topological polar surface area (TPSA) is 57.2 Å². The van der Waals surface area contributed by atoms with Crippen molar-refractivity contribution >= 4 is 18.9 Å². The van der Waals surface area contributed by atoms with Crippen LogP contribution in [0.4, 0.5) is 13.2 Å². The molecular weight excluding hydrogens is 415 g/mol. The Bertz CT molecular complexity index is 687. The molecule has 1 saturated heterocycles. The van der Waals surface area contributed by atoms with Gasteiger partial charge in [0.25, 0.3) is 0 Å². The maximum atomic E-state index is 12.8. The van der Waals surface area contributed by atoms with Crippen LogP contribution in [-0.4, -0.2) is 36.3 Å². The third-order valence-electron chi connectivity index (χ3n) is 5.14. The smallest absolute Gasteiger partial charge is 0.416 e. The molecule has 2 fully saturated rings. The molecule has 3 rings (SSSR count). The molecule has 156 valence electrons. The van der Waals surface area contributed by atoms with Gasteiger partial charge in [0.05, 0.1) is 17.8 Å². The number of alkyl halides is 3. The summed E-state index contributed by atoms with van der Waals surface area (Å²) < 4.78 is 60.1. The molecule has 1 heterocycles. The van der Waals surface area contributed by atoms with E-state index in [9.17, 15) is 18.3 Å². The fourth-order valence-electron chi connectivity index (χ4n) is 3.79. The van der Waals surface area contributed by atoms with Gasteiger partial charge in [-0.05, 0) is 24.1 Å². The lowest BCUT2D eigenvalue weighted by Crippen LogP contribution is -2.21. The molecule has 1 N–H and O–H groups in total. The highest BCUT2D eigenvalue weighted by molar-refractivity contribution is 7.10. The third-order valence-corrected chi connectivity index (χ3v) is 5.84. The summed E-state index contributed by atoms with van der Waals surface area (Å²) in [4.78, 5) is 0. The van der Waals surface area contributed by atoms with Crippen LogP contribution in [0.3, 0.4) is 0 Å². The standard InChI is InChI=1S/C18H23F3O5P2/c19-18(20,21)10-2-1-3-11(6-10)23-9-12(25-27)4-5-13-14-7-17(22)24-15(14)8-16(13)26-28/h1-6,12-17,22H,7-9,27-28H2/b5-4+/t12?,13-,14-,15?,16?,17?/m1/s1. The van der Waals surface area contributed by atoms with Gasteiger partial charge in [-0.1, -0.05) is 18.2 Å². The predicted octanol–water partition coefficient (Wildman–Crippen LogP) is 3.73. The van der Waals surface area contributed by atoms with Crippen molar-refractivity contribution in [1.29, 1.82) is 0 Å². The lowest BCUT2D eigenvalue weighted by molar-refractivity contribution is -0.137. The summed E-state index contributed by atoms with van der Waals surface area (Å²) in [5, 5.41) is 9.70. The minimum Gasteiger partial charge on any atom is -0.491 e. The summed E-state index contributed by atoms with van der Waals surface area (Å²) in [7, 11) is 4.41. The molecule has 2 aliphatic rings. The zero-order valence-electron chi connectivity index (χ0n) is 14.9. The highest BCUT2D eigenvalue weighted by Crippen LogP contribution is 2.45. The number of rotatable bonds is 7. The Morgan fingerprint density at radius 1 is 1.29 bits per heavy atom. The van der Waals surface area contributed by atoms with Crippen LogP contribution < -0.4 is 4.74 Å². The minimum atomic E-state index is -4.42. The molecule has 1 aliphatic heterocycles. The van der Waals surface area contributed by atoms with E-state index in [1.807, 2.05) is 6.08 Å². The maximum Gasteiger partial charge on any atom is 0.416 e. The molecule has 1 aromatic carbocycles. The van der Waals surface area contributed by atoms with Crippen LogP contribution in [0.25, 0.3) is 0 Å². The molecular formula is C18H23F3O5P2. The summed E-state index contributed by atoms with van der Waals surface area (Å²) in [6.07, 6.45) is -0.781. The molecule has 1 saturated carbocycles. The molecule has 1 aliphatic carbocycles. The summed E-state index contributed by atoms with van der Waals surface area (Å²) in [6.45, 7) is 0.0493. The van der Waals surface area contributed by atoms with Gasteiger partial charge in [-0.15, -0.1) is 0 Å². The van der Waals surface area contributed by atoms with E-state index in [-0.39, 0.29) is 36.4 Å². The van der Waals surface area contributed by atoms with Crippen LogP contribution in [0.15, 0.2) is 36.4 Å². The highest BCUT2D eigenvalue weighted by Gasteiger charge is 2.48. The van der Waals surface area contributed by atoms with Crippen LogP contribution in [0.5, 0.6) is 5.75 Å². The number of benzene rings is 1. The van der Waals surface area contributed by atoms with Crippen molar-refractivity contribution in [1.82, 2.24) is 0 Å². The van der Waals surface area contributed by atoms with E-state index in [0.717, 1.165) is 12.1 Å². The molecule has 1 aromatic rings. The number of hydrogen-bond acceptors (Lipinski definition) is 5. The van der Waals surface area contributed by atoms with Gasteiger partial charge in [-0.2, -0.15) is 13.2 Å². The Kier molecular flexibility index (Phi) is 7.35. The van der Waals surface area contributed by atoms with Gasteiger partial charge >= 0.3 is 6.18 Å². The summed E-state index contributed by atoms with van der Waals surface area (Å²) in [5.41, 5.74) is -0.763. The molecule has 5 nitrogen and oxygen atoms in total. The first kappa shape index (κ1) is 21.9. The number of fused-ring (bicyclic) bond motifs is 1. The summed E-state index contributed by atoms with van der Waals surface area (Å²) in [6, 6.07) is 4.72. The van der Waals surface area contributed by atoms with E-state index in [0.29, 0.717) is 12.8 Å². The predicted molar refractivity (Wildman–Crippen MR) is 102 cm³/mol. The van der Waals surface area contributed by atoms with Crippen LogP contribution in [0, 0.1) is 11.8 Å². The lowest BCUT2D eigenvalue weighted by atomic mass is 9.91. The zero-order chi connectivity index (χ0) is 20.3. The fourth-order valence-corrected chi connectivity index (χ4v) is 4.25. The van der Waals surface area contributed by atoms with Crippen molar-refractivity contribution < 1.29 is 36.8 Å². The SMILES string of the molecule is OC1C[C@H]2C(CC(OP)[C@@H]2/C=C/C(COc2cccc(C(F)(F)F)c2)OP)O1. The second-order valence-corrected chi connectivity index (χ2v) is 7.46. The van der Waals surface area contributed by atoms with E-state index < -0.39 is 24.1 Å². The molecule has 0 bridgehead atoms. The Hall–Kier alpha value is -0.750. The van der Waals surface area contributed by atoms with Gasteiger partial charge in [-0.25, -0.2) is 0 Å². The molecule has 6 unspecified atom stereocenters. The quantitative estimate of drug-likeness (QED) is 0.520. The number of halogens is 3. The average molecular weight is 438 g/mol. The van der Waals surface area contributed by atoms with Gasteiger partial charge in [0.15, 0.2) is 6.29 Å². The average Bonchev–Trinajstić information content (AvgIpc) is 3.17. The van der Waals surface area contributed by atoms with E-state index in [4.69, 9.17) is 18.5 Å². The second-order valence-electron chi connectivity index (χ2n) is 6.91. The second kappa shape index (κ2) is 9.38. The van der Waals surface area contributed by atoms with Crippen LogP contribution in [-0.2, 0) is 20.0 Å². The van der Waals surface area contributed by atoms with Crippen LogP contribution in [0.2, 0.25) is 0 Å². The summed E-state index contributed by atoms with van der Waals surface area (Å²) >= 11 is 0. The van der Waals surface area contributed by atoms with Gasteiger partial charge in [0, 0.05) is 37.7 Å². The normalized spacial score (nSPS) is 31.3. The van der Waals surface area contributed by atoms with Gasteiger partial charge in [-0.3, -0.25) is 0 Å². The Balaban J connectivity index is 1.61. The van der Waals surface area contributed by atoms with Crippen LogP contribution >= 0.6 is 18.9 Å². The summed E-state index contributed by atoms with van der Waals surface area (Å²) in [5.74, 6) is 0.303. The first-order chi connectivity index (χ1) is 13.3. The van der Waals surface area contributed by atoms with E-state index >= 15 is 0 Å². The molecule has 0 aromatic heterocycles. The molecule has 0 amide bonds. The van der Waals surface area contributed by atoms with Gasteiger partial charge in [0.2, 0.25) is 0 Å². The molecule has 0 radical (unpaired) electrons. The Morgan fingerprint density at radius 2 is 2.07 bits per heavy atom. The van der Waals surface area contributed by atoms with Crippen molar-refractivity contribution in [2.45, 2.75) is 43.6 Å². The van der Waals surface area contributed by atoms with Gasteiger partial charge < -0.3 is 23.6 Å². The van der Waals surface area contributed by atoms with Gasteiger partial charge in [0.1, 0.15) is 18.5 Å². The maximum absolute atomic E-state index is 12.8. The van der Waals surface area contributed by atoms with Crippen LogP contribution in [0.1, 0.15) is 18.4 Å². The number of aliphatic hydroxyl groups excluding tert-OH is 1. The number of hydrogen-bond donors (Lipinski definition) is 1. The molecule has 28 heavy (non-hydrogen) atoms. The van der Waals surface area contributed by atoms with Crippen molar-refractivity contribution in [3.8, 4) is 5.75 Å². The monoisotopic (exact) mass is 438 g/mol. The zero-order valence-corrected chi connectivity index (χ0v) is 17.2. The van der Waals surface area contributed by atoms with Crippen molar-refractivity contribution in [2.24, 2.45) is 11.8 Å². The lowest BCUT2D eigenvalue weighted by Gasteiger charge is -2.20. The first-order valence-electron chi connectivity index (χ1n) is 8.84. The van der Waals surface area contributed by atoms with E-state index in [1.165, 1.54) is 12.1 Å². The molecule has 10 heteroatoms. The Labute approximate surface area is 166 Å². The molecule has 0 spiro atoms. The van der Waals surface area contributed by atoms with Crippen molar-refractivity contribution in [3.63, 3.8) is 0 Å². The minimum absolute atomic E-state index is 0.0378. The fraction of sp³-hybridized carbons (Fsp3) is 0.556. The first-order valence-corrected chi connectivity index (χ1v) is 9.79. The number of ether oxygens (including phenoxy) is 2. The van der Waals surface area contributed by atoms with E-state index in [2.05, 4.69) is 18.9 Å². The molecule has 8 atom stereocenters. The third kappa shape index (κ3) is 5.24. The van der Waals surface area contributed by atoms with E-state index in [1.54, 1.807) is 6.08 Å². The van der Waals surface area contributed by atoms with Crippen molar-refractivity contribution in [3.05, 3.63) is 42.0 Å². The highest BCUT2D eigenvalue weighted by atomic mass is 31.0. The largest absolute Gasteiger partial charge is 0.491 e. The van der Waals surface area contributed by atoms with Crippen molar-refractivity contribution in [2.75, 3.05) is 6.61 Å². The Morgan fingerprint density at radius 3 is 2.75 bits per heavy atom. The number of aliphatic hydroxyl groups is 1.